The first kappa shape index (κ1) is 22.7. The standard InChI is InChI=1S/C25H20N4O4.CH4/c1-29-23-17-9-6-14-26-18(17)12-13-21(23)32-15-20(25(29)31)28-24(30)19-10-5-11-22(27-19)33-16-7-3-2-4-8-16;/h2-14,20H,15H2,1H3,(H,28,30);1H4/t20-;/m0./s1. The molecule has 8 heteroatoms. The molecule has 0 bridgehead atoms. The van der Waals surface area contributed by atoms with Gasteiger partial charge in [0.2, 0.25) is 5.88 Å². The highest BCUT2D eigenvalue weighted by atomic mass is 16.5. The Morgan fingerprint density at radius 3 is 2.71 bits per heavy atom. The van der Waals surface area contributed by atoms with Crippen LogP contribution in [0.4, 0.5) is 5.69 Å². The zero-order chi connectivity index (χ0) is 22.8. The van der Waals surface area contributed by atoms with Crippen LogP contribution in [0.2, 0.25) is 0 Å². The summed E-state index contributed by atoms with van der Waals surface area (Å²) in [5, 5.41) is 3.54. The number of benzene rings is 2. The van der Waals surface area contributed by atoms with E-state index in [1.807, 2.05) is 30.3 Å². The van der Waals surface area contributed by atoms with Gasteiger partial charge in [0.05, 0.1) is 11.2 Å². The van der Waals surface area contributed by atoms with Crippen LogP contribution in [0, 0.1) is 0 Å². The summed E-state index contributed by atoms with van der Waals surface area (Å²) < 4.78 is 11.6. The number of ether oxygens (including phenoxy) is 2. The third-order valence-corrected chi connectivity index (χ3v) is 5.32. The number of anilines is 1. The summed E-state index contributed by atoms with van der Waals surface area (Å²) in [5.74, 6) is 0.646. The summed E-state index contributed by atoms with van der Waals surface area (Å²) in [6.07, 6.45) is 1.69. The van der Waals surface area contributed by atoms with E-state index in [9.17, 15) is 9.59 Å². The molecule has 0 fully saturated rings. The Bertz CT molecular complexity index is 1340. The highest BCUT2D eigenvalue weighted by Crippen LogP contribution is 2.37. The Kier molecular flexibility index (Phi) is 6.40. The SMILES string of the molecule is C.CN1C(=O)[C@@H](NC(=O)c2cccc(Oc3ccccc3)n2)COc2ccc3ncccc3c21. The first-order valence-corrected chi connectivity index (χ1v) is 10.4. The molecular weight excluding hydrogens is 432 g/mol. The number of carbonyl (C=O) groups excluding carboxylic acids is 2. The van der Waals surface area contributed by atoms with Gasteiger partial charge in [-0.2, -0.15) is 0 Å². The Morgan fingerprint density at radius 1 is 1.06 bits per heavy atom. The van der Waals surface area contributed by atoms with Gasteiger partial charge in [0.1, 0.15) is 29.8 Å². The van der Waals surface area contributed by atoms with E-state index in [1.165, 1.54) is 4.90 Å². The van der Waals surface area contributed by atoms with E-state index >= 15 is 0 Å². The molecule has 1 aliphatic rings. The van der Waals surface area contributed by atoms with E-state index in [0.717, 1.165) is 10.9 Å². The predicted octanol–water partition coefficient (Wildman–Crippen LogP) is 4.21. The van der Waals surface area contributed by atoms with E-state index in [1.54, 1.807) is 55.7 Å². The Morgan fingerprint density at radius 2 is 1.88 bits per heavy atom. The molecule has 0 radical (unpaired) electrons. The number of para-hydroxylation sites is 1. The minimum Gasteiger partial charge on any atom is -0.489 e. The van der Waals surface area contributed by atoms with Crippen LogP contribution in [0.15, 0.2) is 79.0 Å². The Balaban J connectivity index is 0.00000274. The second kappa shape index (κ2) is 9.58. The van der Waals surface area contributed by atoms with Crippen molar-refractivity contribution in [3.05, 3.63) is 84.7 Å². The quantitative estimate of drug-likeness (QED) is 0.494. The van der Waals surface area contributed by atoms with E-state index in [4.69, 9.17) is 9.47 Å². The lowest BCUT2D eigenvalue weighted by atomic mass is 10.1. The number of rotatable bonds is 4. The highest BCUT2D eigenvalue weighted by Gasteiger charge is 2.32. The number of aromatic nitrogens is 2. The number of fused-ring (bicyclic) bond motifs is 3. The van der Waals surface area contributed by atoms with Gasteiger partial charge in [-0.25, -0.2) is 4.98 Å². The third-order valence-electron chi connectivity index (χ3n) is 5.32. The average Bonchev–Trinajstić information content (AvgIpc) is 2.97. The summed E-state index contributed by atoms with van der Waals surface area (Å²) in [5.41, 5.74) is 1.51. The maximum Gasteiger partial charge on any atom is 0.270 e. The number of pyridine rings is 2. The van der Waals surface area contributed by atoms with Crippen LogP contribution in [0.5, 0.6) is 17.4 Å². The molecule has 0 saturated carbocycles. The van der Waals surface area contributed by atoms with E-state index in [2.05, 4.69) is 15.3 Å². The van der Waals surface area contributed by atoms with E-state index < -0.39 is 11.9 Å². The fourth-order valence-corrected chi connectivity index (χ4v) is 3.71. The molecule has 0 unspecified atom stereocenters. The number of nitrogens with one attached hydrogen (secondary N) is 1. The number of likely N-dealkylation sites (N-methyl/N-ethyl adjacent to an activating group) is 1. The molecule has 0 saturated heterocycles. The fraction of sp³-hybridized carbons (Fsp3) is 0.154. The maximum atomic E-state index is 13.2. The first-order chi connectivity index (χ1) is 16.1. The van der Waals surface area contributed by atoms with Crippen LogP contribution < -0.4 is 19.7 Å². The number of carbonyl (C=O) groups is 2. The fourth-order valence-electron chi connectivity index (χ4n) is 3.71. The summed E-state index contributed by atoms with van der Waals surface area (Å²) in [6.45, 7) is -0.00606. The third kappa shape index (κ3) is 4.38. The summed E-state index contributed by atoms with van der Waals surface area (Å²) in [6, 6.07) is 20.5. The van der Waals surface area contributed by atoms with E-state index in [-0.39, 0.29) is 31.5 Å². The minimum atomic E-state index is -0.887. The van der Waals surface area contributed by atoms with Crippen LogP contribution in [0.25, 0.3) is 10.9 Å². The van der Waals surface area contributed by atoms with E-state index in [0.29, 0.717) is 17.2 Å². The van der Waals surface area contributed by atoms with Gasteiger partial charge in [0.15, 0.2) is 0 Å². The molecule has 3 heterocycles. The van der Waals surface area contributed by atoms with Gasteiger partial charge in [-0.05, 0) is 42.5 Å². The van der Waals surface area contributed by atoms with Crippen LogP contribution in [0.1, 0.15) is 17.9 Å². The molecule has 4 aromatic rings. The van der Waals surface area contributed by atoms with Crippen LogP contribution in [-0.4, -0.2) is 41.5 Å². The van der Waals surface area contributed by atoms with Crippen molar-refractivity contribution in [2.45, 2.75) is 13.5 Å². The number of amides is 2. The van der Waals surface area contributed by atoms with Crippen LogP contribution >= 0.6 is 0 Å². The van der Waals surface area contributed by atoms with Gasteiger partial charge in [-0.3, -0.25) is 14.6 Å². The van der Waals surface area contributed by atoms with Gasteiger partial charge in [-0.15, -0.1) is 0 Å². The molecule has 5 rings (SSSR count). The van der Waals surface area contributed by atoms with Crippen molar-refractivity contribution in [2.75, 3.05) is 18.6 Å². The summed E-state index contributed by atoms with van der Waals surface area (Å²) in [4.78, 5) is 36.2. The normalized spacial score (nSPS) is 14.9. The molecule has 2 aromatic carbocycles. The second-order valence-electron chi connectivity index (χ2n) is 7.49. The molecule has 34 heavy (non-hydrogen) atoms. The van der Waals surface area contributed by atoms with Gasteiger partial charge < -0.3 is 19.7 Å². The monoisotopic (exact) mass is 456 g/mol. The minimum absolute atomic E-state index is 0. The smallest absolute Gasteiger partial charge is 0.270 e. The number of hydrogen-bond donors (Lipinski definition) is 1. The van der Waals surface area contributed by atoms with Gasteiger partial charge >= 0.3 is 0 Å². The molecule has 0 aliphatic carbocycles. The van der Waals surface area contributed by atoms with Crippen molar-refractivity contribution in [1.29, 1.82) is 0 Å². The van der Waals surface area contributed by atoms with Crippen molar-refractivity contribution in [3.8, 4) is 17.4 Å². The van der Waals surface area contributed by atoms with Crippen molar-refractivity contribution >= 4 is 28.4 Å². The molecular formula is C26H24N4O4. The van der Waals surface area contributed by atoms with Crippen LogP contribution in [-0.2, 0) is 4.79 Å². The molecule has 2 aromatic heterocycles. The van der Waals surface area contributed by atoms with Crippen molar-refractivity contribution in [1.82, 2.24) is 15.3 Å². The average molecular weight is 457 g/mol. The topological polar surface area (TPSA) is 93.7 Å². The molecule has 2 amide bonds. The highest BCUT2D eigenvalue weighted by molar-refractivity contribution is 6.08. The van der Waals surface area contributed by atoms with Crippen LogP contribution in [0.3, 0.4) is 0 Å². The van der Waals surface area contributed by atoms with Gasteiger partial charge in [0, 0.05) is 24.7 Å². The second-order valence-corrected chi connectivity index (χ2v) is 7.49. The Hall–Kier alpha value is -4.46. The molecule has 0 spiro atoms. The zero-order valence-electron chi connectivity index (χ0n) is 17.8. The summed E-state index contributed by atoms with van der Waals surface area (Å²) >= 11 is 0. The maximum absolute atomic E-state index is 13.2. The molecule has 1 N–H and O–H groups in total. The van der Waals surface area contributed by atoms with Crippen molar-refractivity contribution in [3.63, 3.8) is 0 Å². The van der Waals surface area contributed by atoms with Gasteiger partial charge in [0.25, 0.3) is 11.8 Å². The lowest BCUT2D eigenvalue weighted by Crippen LogP contribution is -2.49. The van der Waals surface area contributed by atoms with Crippen molar-refractivity contribution < 1.29 is 19.1 Å². The van der Waals surface area contributed by atoms with Crippen molar-refractivity contribution in [2.24, 2.45) is 0 Å². The lowest BCUT2D eigenvalue weighted by Gasteiger charge is -2.21. The lowest BCUT2D eigenvalue weighted by molar-refractivity contribution is -0.120. The van der Waals surface area contributed by atoms with Gasteiger partial charge in [-0.1, -0.05) is 31.7 Å². The predicted molar refractivity (Wildman–Crippen MR) is 129 cm³/mol. The zero-order valence-corrected chi connectivity index (χ0v) is 17.8. The Labute approximate surface area is 197 Å². The largest absolute Gasteiger partial charge is 0.489 e. The molecule has 1 atom stereocenters. The molecule has 172 valence electrons. The molecule has 8 nitrogen and oxygen atoms in total. The summed E-state index contributed by atoms with van der Waals surface area (Å²) in [7, 11) is 1.66. The molecule has 1 aliphatic heterocycles. The number of hydrogen-bond acceptors (Lipinski definition) is 6. The first-order valence-electron chi connectivity index (χ1n) is 10.4. The number of nitrogens with zero attached hydrogens (tertiary/aromatic N) is 3.